The Balaban J connectivity index is 1.48. The fourth-order valence-corrected chi connectivity index (χ4v) is 6.88. The summed E-state index contributed by atoms with van der Waals surface area (Å²) in [5.74, 6) is 2.32. The van der Waals surface area contributed by atoms with Gasteiger partial charge in [0.25, 0.3) is 0 Å². The highest BCUT2D eigenvalue weighted by Gasteiger charge is 2.22. The van der Waals surface area contributed by atoms with Crippen molar-refractivity contribution in [2.75, 3.05) is 20.3 Å². The SMILES string of the molecule is C=CCOc1ccc(N=Nc2cc(C)c(-c3ccsc3-c3sccc3-c3c(OC)cccc3OCC=C)c(C)c2)cc1. The Morgan fingerprint density at radius 2 is 1.26 bits per heavy atom. The monoisotopic (exact) mass is 592 g/mol. The second kappa shape index (κ2) is 13.5. The summed E-state index contributed by atoms with van der Waals surface area (Å²) >= 11 is 3.46. The van der Waals surface area contributed by atoms with Gasteiger partial charge >= 0.3 is 0 Å². The molecule has 5 rings (SSSR count). The molecule has 0 aliphatic heterocycles. The van der Waals surface area contributed by atoms with E-state index in [1.807, 2.05) is 42.5 Å². The molecule has 3 aromatic carbocycles. The second-order valence-corrected chi connectivity index (χ2v) is 11.3. The van der Waals surface area contributed by atoms with Crippen LogP contribution in [0.15, 0.2) is 113 Å². The summed E-state index contributed by atoms with van der Waals surface area (Å²) < 4.78 is 17.4. The lowest BCUT2D eigenvalue weighted by Gasteiger charge is -2.16. The molecule has 0 aliphatic carbocycles. The van der Waals surface area contributed by atoms with E-state index in [0.29, 0.717) is 13.2 Å². The Labute approximate surface area is 255 Å². The Morgan fingerprint density at radius 1 is 0.690 bits per heavy atom. The number of benzene rings is 3. The van der Waals surface area contributed by atoms with Crippen LogP contribution in [0.4, 0.5) is 11.4 Å². The van der Waals surface area contributed by atoms with Gasteiger partial charge in [-0.1, -0.05) is 31.4 Å². The molecule has 0 saturated carbocycles. The number of rotatable bonds is 12. The second-order valence-electron chi connectivity index (χ2n) is 9.51. The Bertz CT molecular complexity index is 1710. The molecule has 0 spiro atoms. The average Bonchev–Trinajstić information content (AvgIpc) is 3.67. The third-order valence-corrected chi connectivity index (χ3v) is 8.64. The summed E-state index contributed by atoms with van der Waals surface area (Å²) in [6, 6.07) is 22.0. The van der Waals surface area contributed by atoms with Gasteiger partial charge in [0.15, 0.2) is 0 Å². The summed E-state index contributed by atoms with van der Waals surface area (Å²) in [7, 11) is 1.69. The van der Waals surface area contributed by atoms with Gasteiger partial charge in [0.1, 0.15) is 30.5 Å². The molecular weight excluding hydrogens is 561 g/mol. The van der Waals surface area contributed by atoms with Crippen LogP contribution in [0.2, 0.25) is 0 Å². The molecule has 2 heterocycles. The molecular formula is C35H32N2O3S2. The van der Waals surface area contributed by atoms with Crippen molar-refractivity contribution >= 4 is 34.0 Å². The van der Waals surface area contributed by atoms with Crippen molar-refractivity contribution in [2.24, 2.45) is 10.2 Å². The first-order valence-corrected chi connectivity index (χ1v) is 15.2. The minimum atomic E-state index is 0.418. The van der Waals surface area contributed by atoms with Crippen LogP contribution < -0.4 is 14.2 Å². The van der Waals surface area contributed by atoms with Gasteiger partial charge in [-0.2, -0.15) is 10.2 Å². The molecule has 7 heteroatoms. The maximum absolute atomic E-state index is 6.05. The number of aryl methyl sites for hydroxylation is 2. The molecule has 0 atom stereocenters. The van der Waals surface area contributed by atoms with Gasteiger partial charge in [0.05, 0.1) is 33.8 Å². The topological polar surface area (TPSA) is 52.4 Å². The fraction of sp³-hybridized carbons (Fsp3) is 0.143. The fourth-order valence-electron chi connectivity index (χ4n) is 4.88. The third kappa shape index (κ3) is 6.22. The van der Waals surface area contributed by atoms with Gasteiger partial charge < -0.3 is 14.2 Å². The first-order valence-electron chi connectivity index (χ1n) is 13.5. The highest BCUT2D eigenvalue weighted by Crippen LogP contribution is 2.50. The van der Waals surface area contributed by atoms with Crippen LogP contribution in [0, 0.1) is 13.8 Å². The number of nitrogens with zero attached hydrogens (tertiary/aromatic N) is 2. The van der Waals surface area contributed by atoms with Gasteiger partial charge in [0.2, 0.25) is 0 Å². The third-order valence-electron chi connectivity index (χ3n) is 6.64. The maximum Gasteiger partial charge on any atom is 0.131 e. The van der Waals surface area contributed by atoms with Crippen molar-refractivity contribution in [3.63, 3.8) is 0 Å². The zero-order valence-electron chi connectivity index (χ0n) is 23.9. The normalized spacial score (nSPS) is 11.0. The maximum atomic E-state index is 6.05. The summed E-state index contributed by atoms with van der Waals surface area (Å²) in [5, 5.41) is 13.3. The van der Waals surface area contributed by atoms with E-state index in [1.165, 1.54) is 20.9 Å². The van der Waals surface area contributed by atoms with Crippen molar-refractivity contribution in [2.45, 2.75) is 13.8 Å². The lowest BCUT2D eigenvalue weighted by atomic mass is 9.94. The van der Waals surface area contributed by atoms with E-state index >= 15 is 0 Å². The predicted octanol–water partition coefficient (Wildman–Crippen LogP) is 11.0. The molecule has 5 nitrogen and oxygen atoms in total. The van der Waals surface area contributed by atoms with Gasteiger partial charge in [-0.25, -0.2) is 0 Å². The number of azo groups is 1. The van der Waals surface area contributed by atoms with Gasteiger partial charge in [-0.15, -0.1) is 22.7 Å². The van der Waals surface area contributed by atoms with Gasteiger partial charge in [0, 0.05) is 11.1 Å². The molecule has 0 aliphatic rings. The van der Waals surface area contributed by atoms with Crippen LogP contribution in [-0.2, 0) is 0 Å². The van der Waals surface area contributed by atoms with Crippen LogP contribution in [0.5, 0.6) is 17.2 Å². The predicted molar refractivity (Wildman–Crippen MR) is 177 cm³/mol. The Morgan fingerprint density at radius 3 is 1.88 bits per heavy atom. The Hall–Kier alpha value is -4.46. The van der Waals surface area contributed by atoms with Crippen molar-refractivity contribution in [1.82, 2.24) is 0 Å². The van der Waals surface area contributed by atoms with E-state index in [9.17, 15) is 0 Å². The van der Waals surface area contributed by atoms with Crippen LogP contribution in [0.3, 0.4) is 0 Å². The molecule has 0 unspecified atom stereocenters. The summed E-state index contributed by atoms with van der Waals surface area (Å²) in [6.07, 6.45) is 3.47. The van der Waals surface area contributed by atoms with E-state index in [0.717, 1.165) is 50.9 Å². The van der Waals surface area contributed by atoms with Crippen molar-refractivity contribution in [3.05, 3.63) is 114 Å². The van der Waals surface area contributed by atoms with E-state index in [1.54, 1.807) is 41.9 Å². The van der Waals surface area contributed by atoms with Crippen LogP contribution in [0.1, 0.15) is 11.1 Å². The van der Waals surface area contributed by atoms with Gasteiger partial charge in [-0.3, -0.25) is 0 Å². The number of ether oxygens (including phenoxy) is 3. The summed E-state index contributed by atoms with van der Waals surface area (Å²) in [5.41, 5.74) is 8.29. The number of hydrogen-bond acceptors (Lipinski definition) is 7. The Kier molecular flexibility index (Phi) is 9.31. The van der Waals surface area contributed by atoms with Crippen molar-refractivity contribution in [3.8, 4) is 49.3 Å². The molecule has 42 heavy (non-hydrogen) atoms. The van der Waals surface area contributed by atoms with E-state index in [2.05, 4.69) is 72.3 Å². The average molecular weight is 593 g/mol. The first-order chi connectivity index (χ1) is 20.5. The molecule has 0 fully saturated rings. The molecule has 0 saturated heterocycles. The van der Waals surface area contributed by atoms with E-state index in [4.69, 9.17) is 14.2 Å². The number of methoxy groups -OCH3 is 1. The van der Waals surface area contributed by atoms with Gasteiger partial charge in [-0.05, 0) is 102 Å². The highest BCUT2D eigenvalue weighted by molar-refractivity contribution is 7.21. The largest absolute Gasteiger partial charge is 0.496 e. The summed E-state index contributed by atoms with van der Waals surface area (Å²) in [6.45, 7) is 12.6. The van der Waals surface area contributed by atoms with E-state index in [-0.39, 0.29) is 0 Å². The zero-order valence-corrected chi connectivity index (χ0v) is 25.6. The van der Waals surface area contributed by atoms with Crippen LogP contribution >= 0.6 is 22.7 Å². The highest BCUT2D eigenvalue weighted by atomic mass is 32.1. The molecule has 0 bridgehead atoms. The van der Waals surface area contributed by atoms with Crippen molar-refractivity contribution < 1.29 is 14.2 Å². The van der Waals surface area contributed by atoms with Crippen LogP contribution in [-0.4, -0.2) is 20.3 Å². The van der Waals surface area contributed by atoms with Crippen LogP contribution in [0.25, 0.3) is 32.0 Å². The zero-order chi connectivity index (χ0) is 29.5. The number of thiophene rings is 2. The smallest absolute Gasteiger partial charge is 0.131 e. The molecule has 212 valence electrons. The molecule has 2 aromatic heterocycles. The number of hydrogen-bond donors (Lipinski definition) is 0. The van der Waals surface area contributed by atoms with E-state index < -0.39 is 0 Å². The molecule has 0 amide bonds. The first kappa shape index (κ1) is 29.0. The lowest BCUT2D eigenvalue weighted by Crippen LogP contribution is -1.97. The molecule has 0 radical (unpaired) electrons. The summed E-state index contributed by atoms with van der Waals surface area (Å²) in [4.78, 5) is 2.39. The quantitative estimate of drug-likeness (QED) is 0.107. The molecule has 5 aromatic rings. The standard InChI is InChI=1S/C35H32N2O3S2/c1-6-17-39-27-13-11-25(12-14-27)36-37-26-21-23(3)32(24(4)22-26)28-15-19-41-34(28)35-29(16-20-42-35)33-30(38-5)9-8-10-31(33)40-18-7-2/h6-16,19-22H,1-2,17-18H2,3-5H3. The van der Waals surface area contributed by atoms with Crippen molar-refractivity contribution in [1.29, 1.82) is 0 Å². The minimum absolute atomic E-state index is 0.418. The lowest BCUT2D eigenvalue weighted by molar-refractivity contribution is 0.359. The minimum Gasteiger partial charge on any atom is -0.496 e. The molecule has 0 N–H and O–H groups in total.